The molecule has 0 N–H and O–H groups in total. The number of hydrogen-bond donors (Lipinski definition) is 0. The van der Waals surface area contributed by atoms with Crippen molar-refractivity contribution in [3.05, 3.63) is 20.1 Å². The van der Waals surface area contributed by atoms with E-state index < -0.39 is 0 Å². The van der Waals surface area contributed by atoms with Crippen LogP contribution in [0, 0.1) is 7.43 Å². The number of nitrogens with zero attached hydrogens (tertiary/aromatic N) is 1. The molecule has 0 amide bonds. The molecule has 0 radical (unpaired) electrons. The first kappa shape index (κ1) is 18.7. The van der Waals surface area contributed by atoms with Gasteiger partial charge in [0.25, 0.3) is 0 Å². The van der Waals surface area contributed by atoms with Crippen molar-refractivity contribution in [2.45, 2.75) is 44.9 Å². The Balaban J connectivity index is 0. The van der Waals surface area contributed by atoms with E-state index in [4.69, 9.17) is 0 Å². The molecular weight excluding hydrogens is 210 g/mol. The fraction of sp³-hybridized carbons (Fsp3) is 0.733. The third kappa shape index (κ3) is 15.4. The second kappa shape index (κ2) is 10.5. The van der Waals surface area contributed by atoms with Gasteiger partial charge in [0.2, 0.25) is 0 Å². The highest BCUT2D eigenvalue weighted by Gasteiger charge is 2.05. The lowest BCUT2D eigenvalue weighted by atomic mass is 10.1. The largest absolute Gasteiger partial charge is 0.358 e. The molecule has 102 valence electrons. The summed E-state index contributed by atoms with van der Waals surface area (Å²) >= 11 is 0. The van der Waals surface area contributed by atoms with Crippen LogP contribution in [0.25, 0.3) is 0 Å². The summed E-state index contributed by atoms with van der Waals surface area (Å²) in [5, 5.41) is 0. The number of carbonyl (C=O) groups is 1. The van der Waals surface area contributed by atoms with Crippen molar-refractivity contribution in [3.8, 4) is 0 Å². The van der Waals surface area contributed by atoms with Crippen LogP contribution in [0.4, 0.5) is 0 Å². The minimum atomic E-state index is 0. The van der Waals surface area contributed by atoms with E-state index in [-0.39, 0.29) is 13.2 Å². The van der Waals surface area contributed by atoms with Crippen LogP contribution in [0.15, 0.2) is 12.7 Å². The van der Waals surface area contributed by atoms with Gasteiger partial charge in [0.1, 0.15) is 0 Å². The molecule has 0 saturated carbocycles. The lowest BCUT2D eigenvalue weighted by Crippen LogP contribution is -2.35. The molecule has 0 spiro atoms. The molecule has 0 fully saturated rings. The maximum absolute atomic E-state index is 10.9. The molecule has 0 bridgehead atoms. The van der Waals surface area contributed by atoms with Crippen LogP contribution in [0.1, 0.15) is 44.9 Å². The number of quaternary nitrogens is 1. The van der Waals surface area contributed by atoms with Crippen molar-refractivity contribution in [1.82, 2.24) is 0 Å². The van der Waals surface area contributed by atoms with Gasteiger partial charge >= 0.3 is 0 Å². The van der Waals surface area contributed by atoms with E-state index in [1.807, 2.05) is 0 Å². The second-order valence-electron chi connectivity index (χ2n) is 5.56. The summed E-state index contributed by atoms with van der Waals surface area (Å²) in [6, 6.07) is 0. The minimum absolute atomic E-state index is 0. The average Bonchev–Trinajstić information content (AvgIpc) is 2.20. The highest BCUT2D eigenvalue weighted by Crippen LogP contribution is 2.08. The Bertz CT molecular complexity index is 203. The van der Waals surface area contributed by atoms with Gasteiger partial charge in [0.15, 0.2) is 5.78 Å². The molecule has 2 heteroatoms. The smallest absolute Gasteiger partial charge is 0.155 e. The van der Waals surface area contributed by atoms with Crippen molar-refractivity contribution in [1.29, 1.82) is 0 Å². The lowest BCUT2D eigenvalue weighted by molar-refractivity contribution is -0.870. The molecule has 0 aliphatic rings. The molecule has 0 saturated heterocycles. The van der Waals surface area contributed by atoms with E-state index in [1.54, 1.807) is 0 Å². The molecule has 0 rings (SSSR count). The molecule has 2 nitrogen and oxygen atoms in total. The Hall–Kier alpha value is -0.630. The molecular formula is C15H31NO. The van der Waals surface area contributed by atoms with Gasteiger partial charge in [-0.15, -0.1) is 0 Å². The first-order valence-electron chi connectivity index (χ1n) is 6.41. The highest BCUT2D eigenvalue weighted by atomic mass is 16.1. The molecule has 0 heterocycles. The van der Waals surface area contributed by atoms with Crippen molar-refractivity contribution in [3.63, 3.8) is 0 Å². The number of unbranched alkanes of at least 4 members (excludes halogenated alkanes) is 5. The third-order valence-electron chi connectivity index (χ3n) is 2.73. The summed E-state index contributed by atoms with van der Waals surface area (Å²) in [4.78, 5) is 10.9. The zero-order chi connectivity index (χ0) is 12.4. The molecule has 0 atom stereocenters. The van der Waals surface area contributed by atoms with Gasteiger partial charge in [-0.05, 0) is 25.3 Å². The molecule has 0 aromatic carbocycles. The monoisotopic (exact) mass is 241 g/mol. The number of ketones is 1. The van der Waals surface area contributed by atoms with Crippen LogP contribution in [0.2, 0.25) is 0 Å². The second-order valence-corrected chi connectivity index (χ2v) is 5.56. The number of carbonyl (C=O) groups excluding carboxylic acids is 1. The van der Waals surface area contributed by atoms with Crippen molar-refractivity contribution in [2.24, 2.45) is 0 Å². The predicted molar refractivity (Wildman–Crippen MR) is 76.8 cm³/mol. The van der Waals surface area contributed by atoms with Gasteiger partial charge in [-0.2, -0.15) is 0 Å². The maximum Gasteiger partial charge on any atom is 0.155 e. The van der Waals surface area contributed by atoms with Crippen LogP contribution in [-0.4, -0.2) is 38.0 Å². The van der Waals surface area contributed by atoms with Crippen LogP contribution in [-0.2, 0) is 4.79 Å². The summed E-state index contributed by atoms with van der Waals surface area (Å²) in [6.45, 7) is 4.73. The minimum Gasteiger partial charge on any atom is -0.358 e. The lowest BCUT2D eigenvalue weighted by Gasteiger charge is -2.23. The summed E-state index contributed by atoms with van der Waals surface area (Å²) in [7, 11) is 6.71. The van der Waals surface area contributed by atoms with Crippen LogP contribution in [0.3, 0.4) is 0 Å². The van der Waals surface area contributed by atoms with E-state index in [9.17, 15) is 4.79 Å². The Labute approximate surface area is 108 Å². The van der Waals surface area contributed by atoms with Gasteiger partial charge in [-0.1, -0.05) is 25.8 Å². The summed E-state index contributed by atoms with van der Waals surface area (Å²) in [5.41, 5.74) is 0. The normalized spacial score (nSPS) is 10.8. The topological polar surface area (TPSA) is 17.1 Å². The fourth-order valence-electron chi connectivity index (χ4n) is 1.69. The summed E-state index contributed by atoms with van der Waals surface area (Å²) in [5.74, 6) is 0.185. The maximum atomic E-state index is 10.9. The molecule has 17 heavy (non-hydrogen) atoms. The molecule has 0 aromatic rings. The Morgan fingerprint density at radius 2 is 1.47 bits per heavy atom. The number of hydrogen-bond acceptors (Lipinski definition) is 1. The molecule has 0 aromatic heterocycles. The first-order valence-corrected chi connectivity index (χ1v) is 6.41. The SMILES string of the molecule is C=CC(=O)CCCCCCCC[N+](C)(C)C.[CH3-]. The Morgan fingerprint density at radius 1 is 1.00 bits per heavy atom. The number of allylic oxidation sites excluding steroid dienone is 1. The molecule has 0 unspecified atom stereocenters. The zero-order valence-electron chi connectivity index (χ0n) is 12.3. The summed E-state index contributed by atoms with van der Waals surface area (Å²) < 4.78 is 1.06. The van der Waals surface area contributed by atoms with Crippen LogP contribution >= 0.6 is 0 Å². The van der Waals surface area contributed by atoms with Gasteiger partial charge in [-0.3, -0.25) is 4.79 Å². The van der Waals surface area contributed by atoms with Gasteiger partial charge < -0.3 is 11.9 Å². The van der Waals surface area contributed by atoms with Crippen molar-refractivity contribution >= 4 is 5.78 Å². The van der Waals surface area contributed by atoms with E-state index in [0.717, 1.165) is 10.9 Å². The van der Waals surface area contributed by atoms with Crippen LogP contribution in [0.5, 0.6) is 0 Å². The average molecular weight is 241 g/mol. The van der Waals surface area contributed by atoms with Crippen molar-refractivity contribution in [2.75, 3.05) is 27.7 Å². The van der Waals surface area contributed by atoms with Crippen molar-refractivity contribution < 1.29 is 9.28 Å². The van der Waals surface area contributed by atoms with E-state index >= 15 is 0 Å². The van der Waals surface area contributed by atoms with Gasteiger partial charge in [-0.25, -0.2) is 0 Å². The summed E-state index contributed by atoms with van der Waals surface area (Å²) in [6.07, 6.45) is 9.54. The van der Waals surface area contributed by atoms with Crippen LogP contribution < -0.4 is 0 Å². The number of rotatable bonds is 10. The van der Waals surface area contributed by atoms with E-state index in [0.29, 0.717) is 6.42 Å². The first-order chi connectivity index (χ1) is 7.45. The van der Waals surface area contributed by atoms with Gasteiger partial charge in [0.05, 0.1) is 27.7 Å². The molecule has 0 aliphatic heterocycles. The molecule has 0 aliphatic carbocycles. The Kier molecular flexibility index (Phi) is 11.6. The predicted octanol–water partition coefficient (Wildman–Crippen LogP) is 3.63. The third-order valence-corrected chi connectivity index (χ3v) is 2.73. The van der Waals surface area contributed by atoms with E-state index in [2.05, 4.69) is 27.7 Å². The fourth-order valence-corrected chi connectivity index (χ4v) is 1.69. The van der Waals surface area contributed by atoms with E-state index in [1.165, 1.54) is 44.7 Å². The highest BCUT2D eigenvalue weighted by molar-refractivity contribution is 5.88. The quantitative estimate of drug-likeness (QED) is 0.247. The Morgan fingerprint density at radius 3 is 1.94 bits per heavy atom. The zero-order valence-corrected chi connectivity index (χ0v) is 12.3. The standard InChI is InChI=1S/C14H28NO.CH3/c1-5-14(16)12-10-8-6-7-9-11-13-15(2,3)4;/h5H,1,6-13H2,2-4H3;1H3/q+1;-1. The van der Waals surface area contributed by atoms with Gasteiger partial charge in [0, 0.05) is 6.42 Å².